The fourth-order valence-electron chi connectivity index (χ4n) is 1.14. The van der Waals surface area contributed by atoms with Crippen molar-refractivity contribution in [3.05, 3.63) is 33.8 Å². The summed E-state index contributed by atoms with van der Waals surface area (Å²) >= 11 is 9.97. The Kier molecular flexibility index (Phi) is 4.80. The molecule has 0 radical (unpaired) electrons. The van der Waals surface area contributed by atoms with Crippen LogP contribution in [0.25, 0.3) is 0 Å². The highest BCUT2D eigenvalue weighted by Crippen LogP contribution is 2.19. The van der Waals surface area contributed by atoms with Crippen LogP contribution in [-0.4, -0.2) is 15.9 Å². The molecule has 1 unspecified atom stereocenters. The van der Waals surface area contributed by atoms with Crippen LogP contribution >= 0.6 is 47.8 Å². The largest absolute Gasteiger partial charge is 0.293 e. The molecule has 1 atom stereocenters. The first-order chi connectivity index (χ1) is 6.56. The number of rotatable bonds is 3. The quantitative estimate of drug-likeness (QED) is 0.566. The van der Waals surface area contributed by atoms with E-state index in [2.05, 4.69) is 47.8 Å². The van der Waals surface area contributed by atoms with Gasteiger partial charge in [0.1, 0.15) is 0 Å². The van der Waals surface area contributed by atoms with Gasteiger partial charge in [0.05, 0.1) is 4.83 Å². The van der Waals surface area contributed by atoms with Gasteiger partial charge in [0, 0.05) is 15.4 Å². The van der Waals surface area contributed by atoms with Crippen molar-refractivity contribution in [3.8, 4) is 0 Å². The lowest BCUT2D eigenvalue weighted by Gasteiger charge is -2.08. The Bertz CT molecular complexity index is 349. The highest BCUT2D eigenvalue weighted by atomic mass is 79.9. The molecule has 0 amide bonds. The maximum Gasteiger partial charge on any atom is 0.177 e. The van der Waals surface area contributed by atoms with E-state index >= 15 is 0 Å². The third-order valence-electron chi connectivity index (χ3n) is 1.87. The second kappa shape index (κ2) is 5.42. The van der Waals surface area contributed by atoms with Crippen molar-refractivity contribution in [2.24, 2.45) is 0 Å². The highest BCUT2D eigenvalue weighted by Gasteiger charge is 2.17. The monoisotopic (exact) mass is 382 g/mol. The third-order valence-corrected chi connectivity index (χ3v) is 4.62. The summed E-state index contributed by atoms with van der Waals surface area (Å²) in [6.45, 7) is 1.94. The number of hydrogen-bond donors (Lipinski definition) is 0. The molecule has 0 bridgehead atoms. The Labute approximate surface area is 109 Å². The van der Waals surface area contributed by atoms with Gasteiger partial charge in [-0.05, 0) is 30.7 Å². The predicted octanol–water partition coefficient (Wildman–Crippen LogP) is 4.10. The van der Waals surface area contributed by atoms with Crippen molar-refractivity contribution in [2.75, 3.05) is 5.33 Å². The minimum Gasteiger partial charge on any atom is -0.293 e. The SMILES string of the molecule is Cc1cc(Br)ccc1C(=O)C(Br)CBr. The molecule has 1 aromatic carbocycles. The summed E-state index contributed by atoms with van der Waals surface area (Å²) in [6.07, 6.45) is 0. The standard InChI is InChI=1S/C10H9Br3O/c1-6-4-7(12)2-3-8(6)10(14)9(13)5-11/h2-4,9H,5H2,1H3. The van der Waals surface area contributed by atoms with Gasteiger partial charge in [-0.25, -0.2) is 0 Å². The summed E-state index contributed by atoms with van der Waals surface area (Å²) < 4.78 is 0.997. The molecule has 0 saturated carbocycles. The Balaban J connectivity index is 3.02. The molecule has 0 aliphatic heterocycles. The zero-order valence-electron chi connectivity index (χ0n) is 7.56. The maximum atomic E-state index is 11.8. The molecule has 4 heteroatoms. The lowest BCUT2D eigenvalue weighted by atomic mass is 10.0. The lowest BCUT2D eigenvalue weighted by Crippen LogP contribution is -2.16. The van der Waals surface area contributed by atoms with Gasteiger partial charge in [-0.1, -0.05) is 47.8 Å². The summed E-state index contributed by atoms with van der Waals surface area (Å²) in [4.78, 5) is 11.7. The molecule has 0 N–H and O–H groups in total. The van der Waals surface area contributed by atoms with E-state index in [0.717, 1.165) is 15.6 Å². The van der Waals surface area contributed by atoms with Crippen LogP contribution in [0.1, 0.15) is 15.9 Å². The second-order valence-corrected chi connectivity index (χ2v) is 5.61. The fraction of sp³-hybridized carbons (Fsp3) is 0.300. The summed E-state index contributed by atoms with van der Waals surface area (Å²) in [5.41, 5.74) is 1.77. The van der Waals surface area contributed by atoms with E-state index in [1.165, 1.54) is 0 Å². The van der Waals surface area contributed by atoms with Crippen molar-refractivity contribution in [3.63, 3.8) is 0 Å². The third kappa shape index (κ3) is 2.91. The molecular formula is C10H9Br3O. The normalized spacial score (nSPS) is 12.6. The van der Waals surface area contributed by atoms with Crippen molar-refractivity contribution in [1.29, 1.82) is 0 Å². The number of carbonyl (C=O) groups excluding carboxylic acids is 1. The number of ketones is 1. The summed E-state index contributed by atoms with van der Waals surface area (Å²) in [7, 11) is 0. The van der Waals surface area contributed by atoms with Crippen LogP contribution in [0.15, 0.2) is 22.7 Å². The number of alkyl halides is 2. The van der Waals surface area contributed by atoms with E-state index < -0.39 is 0 Å². The molecule has 1 aromatic rings. The average Bonchev–Trinajstić information content (AvgIpc) is 2.15. The number of Topliss-reactive ketones (excluding diaryl/α,β-unsaturated/α-hetero) is 1. The topological polar surface area (TPSA) is 17.1 Å². The number of halogens is 3. The van der Waals surface area contributed by atoms with Crippen LogP contribution < -0.4 is 0 Å². The first-order valence-electron chi connectivity index (χ1n) is 4.06. The van der Waals surface area contributed by atoms with Crippen molar-refractivity contribution < 1.29 is 4.79 Å². The van der Waals surface area contributed by atoms with E-state index in [1.54, 1.807) is 0 Å². The molecule has 0 spiro atoms. The number of aryl methyl sites for hydroxylation is 1. The Morgan fingerprint density at radius 1 is 1.50 bits per heavy atom. The number of benzene rings is 1. The molecule has 14 heavy (non-hydrogen) atoms. The Hall–Kier alpha value is 0.330. The zero-order valence-corrected chi connectivity index (χ0v) is 12.3. The molecule has 0 aliphatic carbocycles. The van der Waals surface area contributed by atoms with Gasteiger partial charge in [-0.2, -0.15) is 0 Å². The summed E-state index contributed by atoms with van der Waals surface area (Å²) in [5.74, 6) is 0.117. The summed E-state index contributed by atoms with van der Waals surface area (Å²) in [5, 5.41) is 0.626. The zero-order chi connectivity index (χ0) is 10.7. The first kappa shape index (κ1) is 12.4. The molecule has 0 heterocycles. The van der Waals surface area contributed by atoms with Crippen LogP contribution in [0.3, 0.4) is 0 Å². The fourth-order valence-corrected chi connectivity index (χ4v) is 2.16. The highest BCUT2D eigenvalue weighted by molar-refractivity contribution is 9.12. The molecule has 1 rings (SSSR count). The van der Waals surface area contributed by atoms with E-state index in [0.29, 0.717) is 5.33 Å². The maximum absolute atomic E-state index is 11.8. The van der Waals surface area contributed by atoms with Crippen molar-refractivity contribution in [2.45, 2.75) is 11.8 Å². The number of hydrogen-bond acceptors (Lipinski definition) is 1. The molecule has 0 saturated heterocycles. The lowest BCUT2D eigenvalue weighted by molar-refractivity contribution is 0.0997. The van der Waals surface area contributed by atoms with Gasteiger partial charge in [0.15, 0.2) is 5.78 Å². The van der Waals surface area contributed by atoms with E-state index in [4.69, 9.17) is 0 Å². The van der Waals surface area contributed by atoms with E-state index in [-0.39, 0.29) is 10.6 Å². The van der Waals surface area contributed by atoms with Gasteiger partial charge in [-0.15, -0.1) is 0 Å². The second-order valence-electron chi connectivity index (χ2n) is 2.95. The van der Waals surface area contributed by atoms with Crippen molar-refractivity contribution in [1.82, 2.24) is 0 Å². The average molecular weight is 385 g/mol. The van der Waals surface area contributed by atoms with Crippen molar-refractivity contribution >= 4 is 53.6 Å². The Morgan fingerprint density at radius 3 is 2.64 bits per heavy atom. The van der Waals surface area contributed by atoms with Crippen LogP contribution in [0.4, 0.5) is 0 Å². The predicted molar refractivity (Wildman–Crippen MR) is 69.7 cm³/mol. The molecular weight excluding hydrogens is 376 g/mol. The van der Waals surface area contributed by atoms with Crippen LogP contribution in [0.2, 0.25) is 0 Å². The van der Waals surface area contributed by atoms with E-state index in [1.807, 2.05) is 25.1 Å². The van der Waals surface area contributed by atoms with E-state index in [9.17, 15) is 4.79 Å². The van der Waals surface area contributed by atoms with Gasteiger partial charge in [0.2, 0.25) is 0 Å². The molecule has 1 nitrogen and oxygen atoms in total. The number of carbonyl (C=O) groups is 1. The Morgan fingerprint density at radius 2 is 2.14 bits per heavy atom. The first-order valence-corrected chi connectivity index (χ1v) is 6.89. The molecule has 76 valence electrons. The van der Waals surface area contributed by atoms with Crippen LogP contribution in [0, 0.1) is 6.92 Å². The van der Waals surface area contributed by atoms with Gasteiger partial charge < -0.3 is 0 Å². The van der Waals surface area contributed by atoms with Gasteiger partial charge in [0.25, 0.3) is 0 Å². The molecule has 0 aromatic heterocycles. The summed E-state index contributed by atoms with van der Waals surface area (Å²) in [6, 6.07) is 5.67. The minimum absolute atomic E-state index is 0.117. The smallest absolute Gasteiger partial charge is 0.177 e. The van der Waals surface area contributed by atoms with Crippen LogP contribution in [0.5, 0.6) is 0 Å². The van der Waals surface area contributed by atoms with Gasteiger partial charge in [-0.3, -0.25) is 4.79 Å². The minimum atomic E-state index is -0.151. The molecule has 0 aliphatic rings. The van der Waals surface area contributed by atoms with Crippen LogP contribution in [-0.2, 0) is 0 Å². The molecule has 0 fully saturated rings. The van der Waals surface area contributed by atoms with Gasteiger partial charge >= 0.3 is 0 Å².